The molecular formula is C70H103Cl4FN20O35P4S4. The molecule has 138 heavy (non-hydrogen) atoms. The molecule has 68 heteroatoms. The van der Waals surface area contributed by atoms with Crippen LogP contribution in [0.25, 0.3) is 44.7 Å². The zero-order valence-electron chi connectivity index (χ0n) is 72.5. The topological polar surface area (TPSA) is 838 Å². The number of fused-ring (bicyclic) bond motifs is 4. The van der Waals surface area contributed by atoms with E-state index in [1.165, 1.54) is 17.8 Å². The summed E-state index contributed by atoms with van der Waals surface area (Å²) < 4.78 is 188. The zero-order valence-corrected chi connectivity index (χ0v) is 82.4. The second-order valence-electron chi connectivity index (χ2n) is 34.3. The van der Waals surface area contributed by atoms with Crippen molar-refractivity contribution in [2.75, 3.05) is 71.2 Å². The standard InChI is InChI=1S/C18H27ClN5O9PS.C18H27ClN5O8PS.C17H24ClFN5O9PS.C17H25ClN5O9PS/c1-32-7-13(34(27,28)29)35(30,31)8-11-15(25)16(26)18(33-11)24-17-14(22-23-24)10(6-12(19)21-17)20-9-4-2-3-5-9;1-2-11(33(27,28)29)34(30,31)7-10-13(25)14(26)17(32-10)24-8-20-12-15(21-9-5-3-4-6-9)22-18(19)23-16(12)24;18-11-5-9(20-8-3-1-2-4-8)12-15(21-11)24(23-22-12)16-14(27)13(26)10(33-16)6-35(31,32)17(19,7-25)34(28,29)30;18-11-5-9(19-8-3-1-2-4-8)13-16(20-11)23(22-21-13)17-15(26)14(25)10(32-17)7-34(30,31)12(6-24)33(27,28)29/h6,9,11,13,15-16,18,25-26H,2-5,7-8H2,1H3,(H,20,21)(H2,27,28,29);8-11,13-14,17,25-26H,2-7H2,1H3,(H,21,22,23)(H2,27,28,29);5,8,10,13-14,16,25-27H,1-4,6-7H2,(H,20,21)(H2,28,29,30);5,8,10,12,14-15,17,24-26H,1-4,6-7H2,(H,19,20)(H2,27,28,29)/t11-,13?,15-,16-,18-;10-,11?,13-,14-,17-;10-,13-,14-,16-,17?;10-,12?,14-,15-,17-/m1111/s1. The molecule has 0 bridgehead atoms. The first-order valence-electron chi connectivity index (χ1n) is 42.8. The molecule has 4 aliphatic carbocycles. The Morgan fingerprint density at radius 3 is 1.09 bits per heavy atom. The van der Waals surface area contributed by atoms with Crippen LogP contribution in [0.4, 0.5) is 27.3 Å². The van der Waals surface area contributed by atoms with E-state index in [1.54, 1.807) is 18.2 Å². The molecule has 0 spiro atoms. The Morgan fingerprint density at radius 1 is 0.449 bits per heavy atom. The maximum atomic E-state index is 14.7. The highest BCUT2D eigenvalue weighted by Crippen LogP contribution is 2.56. The highest BCUT2D eigenvalue weighted by molar-refractivity contribution is 8.00. The molecule has 4 saturated heterocycles. The first-order chi connectivity index (χ1) is 64.5. The van der Waals surface area contributed by atoms with Crippen molar-refractivity contribution in [1.29, 1.82) is 0 Å². The second kappa shape index (κ2) is 43.5. The van der Waals surface area contributed by atoms with Gasteiger partial charge in [-0.25, -0.2) is 58.0 Å². The SMILES string of the molecule is CCC(P(=O)(O)O)S(=O)(=O)C[C@H]1O[C@@H](n2cnc3c(NC4CCCC4)nc(Cl)nc32)[C@H](O)[C@@H]1O.COCC(P(=O)(O)O)S(=O)(=O)C[C@H]1O[C@@H](n2nnc3c(NC4CCCC4)cc(Cl)nc32)[C@H](O)[C@@H]1O.O=P(O)(O)C(CO)S(=O)(=O)C[C@H]1O[C@@H](n2nnc3c(NC4CCCC4)cc(Cl)nc32)[C@H](O)[C@@H]1O.O=P(O)(O)C(F)(CO)S(=O)(=O)C[C@H]1O[C@@H](n2nnc3c(NC4CCCC4)cc(Cl)nc32)[C@H](O)[C@@H]1O. The number of aliphatic hydroxyl groups is 10. The third-order valence-electron chi connectivity index (χ3n) is 24.6. The summed E-state index contributed by atoms with van der Waals surface area (Å²) in [7, 11) is -39.1. The van der Waals surface area contributed by atoms with Gasteiger partial charge in [-0.15, -0.1) is 15.3 Å². The summed E-state index contributed by atoms with van der Waals surface area (Å²) >= 11 is 24.6. The molecule has 8 aliphatic rings. The van der Waals surface area contributed by atoms with E-state index >= 15 is 0 Å². The number of imidazole rings is 1. The first kappa shape index (κ1) is 110. The van der Waals surface area contributed by atoms with Gasteiger partial charge >= 0.3 is 35.1 Å². The molecular weight excluding hydrogens is 2090 g/mol. The second-order valence-corrected chi connectivity index (χ2v) is 53.2. The van der Waals surface area contributed by atoms with Crippen LogP contribution in [0, 0.1) is 0 Å². The Morgan fingerprint density at radius 2 is 0.768 bits per heavy atom. The fourth-order valence-electron chi connectivity index (χ4n) is 17.5. The molecule has 8 fully saturated rings. The van der Waals surface area contributed by atoms with E-state index in [9.17, 15) is 132 Å². The highest BCUT2D eigenvalue weighted by atomic mass is 35.5. The molecule has 12 heterocycles. The molecule has 20 atom stereocenters. The third kappa shape index (κ3) is 23.8. The van der Waals surface area contributed by atoms with E-state index in [2.05, 4.69) is 86.8 Å². The van der Waals surface area contributed by atoms with Crippen molar-refractivity contribution in [3.05, 3.63) is 45.3 Å². The average Bonchev–Trinajstić information content (AvgIpc) is 1.60. The number of aliphatic hydroxyl groups excluding tert-OH is 10. The fraction of sp³-hybridized carbons (Fsp3) is 0.714. The molecule has 55 nitrogen and oxygen atoms in total. The molecule has 0 radical (unpaired) electrons. The van der Waals surface area contributed by atoms with Gasteiger partial charge in [0.1, 0.15) is 95.3 Å². The van der Waals surface area contributed by atoms with Gasteiger partial charge in [0.15, 0.2) is 120 Å². The van der Waals surface area contributed by atoms with Gasteiger partial charge in [-0.2, -0.15) is 24.0 Å². The molecule has 4 aliphatic heterocycles. The van der Waals surface area contributed by atoms with Crippen molar-refractivity contribution >= 4 is 184 Å². The van der Waals surface area contributed by atoms with Gasteiger partial charge in [-0.3, -0.25) is 22.8 Å². The van der Waals surface area contributed by atoms with Crippen molar-refractivity contribution in [3.63, 3.8) is 0 Å². The summed E-state index contributed by atoms with van der Waals surface area (Å²) in [5.41, 5.74) is 3.53. The molecule has 8 aromatic heterocycles. The van der Waals surface area contributed by atoms with Gasteiger partial charge in [0, 0.05) is 49.5 Å². The summed E-state index contributed by atoms with van der Waals surface area (Å²) in [6, 6.07) is 5.61. The van der Waals surface area contributed by atoms with Gasteiger partial charge in [-0.1, -0.05) is 109 Å². The van der Waals surface area contributed by atoms with Crippen LogP contribution >= 0.6 is 76.8 Å². The molecule has 8 aromatic rings. The lowest BCUT2D eigenvalue weighted by Crippen LogP contribution is -2.44. The summed E-state index contributed by atoms with van der Waals surface area (Å²) in [4.78, 5) is 93.3. The number of pyridine rings is 3. The summed E-state index contributed by atoms with van der Waals surface area (Å²) in [5.74, 6) is -3.97. The van der Waals surface area contributed by atoms with E-state index in [-0.39, 0.29) is 79.4 Å². The predicted molar refractivity (Wildman–Crippen MR) is 483 cm³/mol. The monoisotopic (exact) mass is 2190 g/mol. The quantitative estimate of drug-likeness (QED) is 0.0144. The van der Waals surface area contributed by atoms with E-state index in [0.717, 1.165) is 124 Å². The molecule has 4 saturated carbocycles. The van der Waals surface area contributed by atoms with Crippen LogP contribution in [-0.2, 0) is 81.3 Å². The number of ether oxygens (including phenoxy) is 5. The van der Waals surface area contributed by atoms with Gasteiger partial charge < -0.3 is 135 Å². The molecule has 16 rings (SSSR count). The number of nitrogens with zero attached hydrogens (tertiary/aromatic N) is 16. The zero-order chi connectivity index (χ0) is 101. The van der Waals surface area contributed by atoms with E-state index in [4.69, 9.17) is 80.2 Å². The maximum Gasteiger partial charge on any atom is 0.380 e. The van der Waals surface area contributed by atoms with Gasteiger partial charge in [0.2, 0.25) is 15.1 Å². The normalized spacial score (nSPS) is 27.5. The third-order valence-corrected chi connectivity index (χ3v) is 43.6. The Kier molecular flexibility index (Phi) is 34.5. The minimum atomic E-state index is -5.98. The Hall–Kier alpha value is -5.71. The fourth-order valence-corrected chi connectivity index (χ4v) is 32.1. The van der Waals surface area contributed by atoms with Crippen LogP contribution in [0.15, 0.2) is 24.5 Å². The Bertz CT molecular complexity index is 6200. The van der Waals surface area contributed by atoms with E-state index in [1.807, 2.05) is 0 Å². The highest BCUT2D eigenvalue weighted by Gasteiger charge is 2.62. The molecule has 0 amide bonds. The number of halogens is 5. The number of aromatic nitrogens is 16. The number of nitrogens with one attached hydrogen (secondary N) is 4. The van der Waals surface area contributed by atoms with Gasteiger partial charge in [0.05, 0.1) is 59.6 Å². The number of methoxy groups -OCH3 is 1. The largest absolute Gasteiger partial charge is 0.394 e. The minimum absolute atomic E-state index is 0.0446. The lowest BCUT2D eigenvalue weighted by molar-refractivity contribution is -0.0377. The van der Waals surface area contributed by atoms with Crippen LogP contribution in [0.2, 0.25) is 20.7 Å². The van der Waals surface area contributed by atoms with Crippen molar-refractivity contribution in [2.45, 2.75) is 258 Å². The smallest absolute Gasteiger partial charge is 0.380 e. The maximum absolute atomic E-state index is 14.7. The van der Waals surface area contributed by atoms with Crippen LogP contribution in [0.3, 0.4) is 0 Å². The van der Waals surface area contributed by atoms with Gasteiger partial charge in [0.25, 0.3) is 0 Å². The molecule has 0 aromatic carbocycles. The first-order valence-corrected chi connectivity index (χ1v) is 57.8. The Labute approximate surface area is 802 Å². The lowest BCUT2D eigenvalue weighted by Gasteiger charge is -2.25. The number of anilines is 4. The summed E-state index contributed by atoms with van der Waals surface area (Å²) in [6.45, 7) is -2.77. The number of sulfone groups is 4. The van der Waals surface area contributed by atoms with Gasteiger partial charge in [-0.05, 0) is 69.4 Å². The van der Waals surface area contributed by atoms with Crippen LogP contribution in [-0.4, -0.2) is 370 Å². The summed E-state index contributed by atoms with van der Waals surface area (Å²) in [5, 5.41) is 140. The lowest BCUT2D eigenvalue weighted by atomic mass is 10.1. The number of rotatable bonds is 33. The van der Waals surface area contributed by atoms with Crippen LogP contribution < -0.4 is 21.3 Å². The van der Waals surface area contributed by atoms with Crippen molar-refractivity contribution in [1.82, 2.24) is 79.5 Å². The average molecular weight is 2200 g/mol. The predicted octanol–water partition coefficient (Wildman–Crippen LogP) is -0.174. The number of alkyl halides is 1. The minimum Gasteiger partial charge on any atom is -0.394 e. The van der Waals surface area contributed by atoms with E-state index < -0.39 is 230 Å². The number of hydrogen-bond donors (Lipinski definition) is 22. The molecule has 4 unspecified atom stereocenters. The van der Waals surface area contributed by atoms with Crippen molar-refractivity contribution in [2.24, 2.45) is 0 Å². The van der Waals surface area contributed by atoms with Crippen LogP contribution in [0.1, 0.15) is 141 Å². The van der Waals surface area contributed by atoms with Crippen molar-refractivity contribution < 1.29 is 170 Å². The molecule has 772 valence electrons. The van der Waals surface area contributed by atoms with Crippen LogP contribution in [0.5, 0.6) is 0 Å². The Balaban J connectivity index is 0.000000155. The molecule has 22 N–H and O–H groups in total. The summed E-state index contributed by atoms with van der Waals surface area (Å²) in [6.07, 6.45) is -8.14. The van der Waals surface area contributed by atoms with Crippen molar-refractivity contribution in [3.8, 4) is 0 Å². The number of hydrogen-bond acceptors (Lipinski definition) is 43. The van der Waals surface area contributed by atoms with E-state index in [0.29, 0.717) is 39.4 Å².